The SMILES string of the molecule is Cc1ccc(Oc2cccc(C)c2[N+](=O)[O-])c(CN)c1. The number of para-hydroxylation sites is 1. The number of benzene rings is 2. The van der Waals surface area contributed by atoms with Crippen LogP contribution >= 0.6 is 0 Å². The number of nitrogens with zero attached hydrogens (tertiary/aromatic N) is 1. The first-order valence-corrected chi connectivity index (χ1v) is 6.24. The molecule has 0 amide bonds. The summed E-state index contributed by atoms with van der Waals surface area (Å²) in [7, 11) is 0. The average Bonchev–Trinajstić information content (AvgIpc) is 2.40. The fourth-order valence-electron chi connectivity index (χ4n) is 2.03. The molecule has 0 aromatic heterocycles. The number of nitro benzene ring substituents is 1. The number of hydrogen-bond acceptors (Lipinski definition) is 4. The lowest BCUT2D eigenvalue weighted by molar-refractivity contribution is -0.386. The molecule has 0 bridgehead atoms. The van der Waals surface area contributed by atoms with Crippen LogP contribution in [0.15, 0.2) is 36.4 Å². The Morgan fingerprint density at radius 2 is 1.95 bits per heavy atom. The maximum atomic E-state index is 11.1. The molecule has 0 aliphatic heterocycles. The molecule has 0 fully saturated rings. The Morgan fingerprint density at radius 1 is 1.20 bits per heavy atom. The Balaban J connectivity index is 2.45. The van der Waals surface area contributed by atoms with Crippen LogP contribution in [0.25, 0.3) is 0 Å². The molecule has 104 valence electrons. The lowest BCUT2D eigenvalue weighted by Gasteiger charge is -2.11. The van der Waals surface area contributed by atoms with Crippen molar-refractivity contribution >= 4 is 5.69 Å². The smallest absolute Gasteiger partial charge is 0.314 e. The lowest BCUT2D eigenvalue weighted by Crippen LogP contribution is -2.01. The first kappa shape index (κ1) is 14.0. The zero-order chi connectivity index (χ0) is 14.7. The van der Waals surface area contributed by atoms with Crippen molar-refractivity contribution in [2.75, 3.05) is 0 Å². The third-order valence-corrected chi connectivity index (χ3v) is 3.04. The van der Waals surface area contributed by atoms with E-state index in [-0.39, 0.29) is 11.4 Å². The van der Waals surface area contributed by atoms with E-state index in [2.05, 4.69) is 0 Å². The van der Waals surface area contributed by atoms with Crippen molar-refractivity contribution in [1.82, 2.24) is 0 Å². The normalized spacial score (nSPS) is 10.3. The van der Waals surface area contributed by atoms with Gasteiger partial charge in [0.05, 0.1) is 4.92 Å². The van der Waals surface area contributed by atoms with Crippen LogP contribution in [-0.2, 0) is 6.54 Å². The second-order valence-corrected chi connectivity index (χ2v) is 4.60. The highest BCUT2D eigenvalue weighted by Crippen LogP contribution is 2.35. The maximum Gasteiger partial charge on any atom is 0.314 e. The monoisotopic (exact) mass is 272 g/mol. The highest BCUT2D eigenvalue weighted by molar-refractivity contribution is 5.54. The highest BCUT2D eigenvalue weighted by atomic mass is 16.6. The molecule has 0 radical (unpaired) electrons. The number of hydrogen-bond donors (Lipinski definition) is 1. The van der Waals surface area contributed by atoms with E-state index in [4.69, 9.17) is 10.5 Å². The number of aryl methyl sites for hydroxylation is 2. The molecule has 5 heteroatoms. The molecule has 0 unspecified atom stereocenters. The molecule has 0 aliphatic carbocycles. The third kappa shape index (κ3) is 2.78. The van der Waals surface area contributed by atoms with Crippen molar-refractivity contribution in [2.45, 2.75) is 20.4 Å². The van der Waals surface area contributed by atoms with Crippen LogP contribution in [-0.4, -0.2) is 4.92 Å². The van der Waals surface area contributed by atoms with Crippen LogP contribution in [0.1, 0.15) is 16.7 Å². The fraction of sp³-hybridized carbons (Fsp3) is 0.200. The summed E-state index contributed by atoms with van der Waals surface area (Å²) in [6.07, 6.45) is 0. The van der Waals surface area contributed by atoms with Gasteiger partial charge in [-0.2, -0.15) is 0 Å². The van der Waals surface area contributed by atoms with Gasteiger partial charge in [-0.15, -0.1) is 0 Å². The standard InChI is InChI=1S/C15H16N2O3/c1-10-6-7-13(12(8-10)9-16)20-14-5-3-4-11(2)15(14)17(18)19/h3-8H,9,16H2,1-2H3. The van der Waals surface area contributed by atoms with Crippen LogP contribution in [0.4, 0.5) is 5.69 Å². The summed E-state index contributed by atoms with van der Waals surface area (Å²) < 4.78 is 5.71. The first-order chi connectivity index (χ1) is 9.52. The fourth-order valence-corrected chi connectivity index (χ4v) is 2.03. The van der Waals surface area contributed by atoms with Crippen LogP contribution in [0.3, 0.4) is 0 Å². The van der Waals surface area contributed by atoms with Gasteiger partial charge in [0.25, 0.3) is 0 Å². The predicted molar refractivity (Wildman–Crippen MR) is 77.0 cm³/mol. The van der Waals surface area contributed by atoms with E-state index >= 15 is 0 Å². The number of nitrogens with two attached hydrogens (primary N) is 1. The van der Waals surface area contributed by atoms with E-state index in [9.17, 15) is 10.1 Å². The zero-order valence-electron chi connectivity index (χ0n) is 11.4. The second-order valence-electron chi connectivity index (χ2n) is 4.60. The summed E-state index contributed by atoms with van der Waals surface area (Å²) in [6.45, 7) is 3.96. The molecule has 2 rings (SSSR count). The predicted octanol–water partition coefficient (Wildman–Crippen LogP) is 3.46. The largest absolute Gasteiger partial charge is 0.450 e. The van der Waals surface area contributed by atoms with Crippen LogP contribution in [0, 0.1) is 24.0 Å². The lowest BCUT2D eigenvalue weighted by atomic mass is 10.1. The van der Waals surface area contributed by atoms with Gasteiger partial charge >= 0.3 is 5.69 Å². The minimum Gasteiger partial charge on any atom is -0.450 e. The second kappa shape index (κ2) is 5.71. The van der Waals surface area contributed by atoms with Gasteiger partial charge in [-0.25, -0.2) is 0 Å². The molecule has 20 heavy (non-hydrogen) atoms. The van der Waals surface area contributed by atoms with Crippen molar-refractivity contribution in [1.29, 1.82) is 0 Å². The van der Waals surface area contributed by atoms with Gasteiger partial charge < -0.3 is 10.5 Å². The topological polar surface area (TPSA) is 78.4 Å². The van der Waals surface area contributed by atoms with E-state index in [1.54, 1.807) is 31.2 Å². The van der Waals surface area contributed by atoms with Crippen molar-refractivity contribution in [3.63, 3.8) is 0 Å². The minimum atomic E-state index is -0.430. The van der Waals surface area contributed by atoms with Gasteiger partial charge in [-0.05, 0) is 26.0 Å². The van der Waals surface area contributed by atoms with Crippen LogP contribution in [0.2, 0.25) is 0 Å². The van der Waals surface area contributed by atoms with Crippen LogP contribution in [0.5, 0.6) is 11.5 Å². The Morgan fingerprint density at radius 3 is 2.60 bits per heavy atom. The molecule has 0 saturated carbocycles. The van der Waals surface area contributed by atoms with E-state index in [0.29, 0.717) is 17.9 Å². The van der Waals surface area contributed by atoms with Gasteiger partial charge in [0.1, 0.15) is 5.75 Å². The molecule has 2 aromatic carbocycles. The summed E-state index contributed by atoms with van der Waals surface area (Å²) in [5.74, 6) is 0.778. The Bertz CT molecular complexity index is 654. The molecule has 0 heterocycles. The minimum absolute atomic E-state index is 0.0175. The van der Waals surface area contributed by atoms with E-state index in [0.717, 1.165) is 11.1 Å². The Kier molecular flexibility index (Phi) is 4.00. The average molecular weight is 272 g/mol. The third-order valence-electron chi connectivity index (χ3n) is 3.04. The van der Waals surface area contributed by atoms with Crippen molar-refractivity contribution in [2.24, 2.45) is 5.73 Å². The van der Waals surface area contributed by atoms with Crippen molar-refractivity contribution < 1.29 is 9.66 Å². The molecule has 5 nitrogen and oxygen atoms in total. The van der Waals surface area contributed by atoms with Crippen LogP contribution < -0.4 is 10.5 Å². The summed E-state index contributed by atoms with van der Waals surface area (Å²) in [5, 5.41) is 11.1. The van der Waals surface area contributed by atoms with Gasteiger partial charge in [0.2, 0.25) is 5.75 Å². The molecule has 2 N–H and O–H groups in total. The molecule has 0 spiro atoms. The van der Waals surface area contributed by atoms with Gasteiger partial charge in [-0.3, -0.25) is 10.1 Å². The summed E-state index contributed by atoms with van der Waals surface area (Å²) in [6, 6.07) is 10.6. The Labute approximate surface area is 117 Å². The molecular weight excluding hydrogens is 256 g/mol. The molecule has 0 aliphatic rings. The molecule has 0 atom stereocenters. The Hall–Kier alpha value is -2.40. The van der Waals surface area contributed by atoms with E-state index in [1.165, 1.54) is 0 Å². The number of ether oxygens (including phenoxy) is 1. The quantitative estimate of drug-likeness (QED) is 0.682. The highest BCUT2D eigenvalue weighted by Gasteiger charge is 2.19. The molecule has 2 aromatic rings. The summed E-state index contributed by atoms with van der Waals surface area (Å²) >= 11 is 0. The molecule has 0 saturated heterocycles. The number of rotatable bonds is 4. The summed E-state index contributed by atoms with van der Waals surface area (Å²) in [5.41, 5.74) is 8.12. The zero-order valence-corrected chi connectivity index (χ0v) is 11.4. The van der Waals surface area contributed by atoms with Gasteiger partial charge in [0, 0.05) is 17.7 Å². The van der Waals surface area contributed by atoms with Gasteiger partial charge in [0.15, 0.2) is 0 Å². The maximum absolute atomic E-state index is 11.1. The van der Waals surface area contributed by atoms with Crippen molar-refractivity contribution in [3.05, 3.63) is 63.2 Å². The van der Waals surface area contributed by atoms with E-state index < -0.39 is 4.92 Å². The summed E-state index contributed by atoms with van der Waals surface area (Å²) in [4.78, 5) is 10.7. The number of nitro groups is 1. The van der Waals surface area contributed by atoms with Gasteiger partial charge in [-0.1, -0.05) is 29.8 Å². The van der Waals surface area contributed by atoms with Crippen molar-refractivity contribution in [3.8, 4) is 11.5 Å². The first-order valence-electron chi connectivity index (χ1n) is 6.24. The van der Waals surface area contributed by atoms with E-state index in [1.807, 2.05) is 19.1 Å². The molecular formula is C15H16N2O3.